The molecule has 1 unspecified atom stereocenters. The number of nitrogens with zero attached hydrogens (tertiary/aromatic N) is 5. The van der Waals surface area contributed by atoms with Crippen LogP contribution in [0.5, 0.6) is 0 Å². The van der Waals surface area contributed by atoms with E-state index in [1.807, 2.05) is 6.07 Å². The molecule has 1 aliphatic rings. The minimum Gasteiger partial charge on any atom is -0.466 e. The number of esters is 1. The van der Waals surface area contributed by atoms with Crippen molar-refractivity contribution in [1.82, 2.24) is 24.6 Å². The summed E-state index contributed by atoms with van der Waals surface area (Å²) in [6.45, 7) is 2.76. The highest BCUT2D eigenvalue weighted by atomic mass is 32.2. The number of likely N-dealkylation sites (tertiary alicyclic amines) is 1. The van der Waals surface area contributed by atoms with Crippen molar-refractivity contribution >= 4 is 23.6 Å². The fourth-order valence-corrected chi connectivity index (χ4v) is 5.37. The Bertz CT molecular complexity index is 1520. The number of hydrogen-bond acceptors (Lipinski definition) is 8. The number of alkyl halides is 3. The minimum atomic E-state index is -4.52. The summed E-state index contributed by atoms with van der Waals surface area (Å²) in [5.41, 5.74) is 0.235. The fraction of sp³-hybridized carbons (Fsp3) is 0.321. The highest BCUT2D eigenvalue weighted by molar-refractivity contribution is 7.98. The maximum atomic E-state index is 13.5. The Morgan fingerprint density at radius 3 is 2.68 bits per heavy atom. The smallest absolute Gasteiger partial charge is 0.416 e. The second kappa shape index (κ2) is 12.2. The second-order valence-electron chi connectivity index (χ2n) is 9.31. The summed E-state index contributed by atoms with van der Waals surface area (Å²) in [6, 6.07) is 14.0. The van der Waals surface area contributed by atoms with Crippen LogP contribution in [-0.4, -0.2) is 56.2 Å². The lowest BCUT2D eigenvalue weighted by Gasteiger charge is -2.30. The van der Waals surface area contributed by atoms with Crippen molar-refractivity contribution in [2.75, 3.05) is 19.7 Å². The Balaban J connectivity index is 1.35. The highest BCUT2D eigenvalue weighted by Gasteiger charge is 2.32. The van der Waals surface area contributed by atoms with E-state index in [0.717, 1.165) is 23.9 Å². The quantitative estimate of drug-likeness (QED) is 0.193. The van der Waals surface area contributed by atoms with Crippen LogP contribution < -0.4 is 0 Å². The van der Waals surface area contributed by atoms with Gasteiger partial charge in [0.2, 0.25) is 5.89 Å². The second-order valence-corrected chi connectivity index (χ2v) is 10.3. The van der Waals surface area contributed by atoms with Gasteiger partial charge in [-0.15, -0.1) is 10.2 Å². The molecule has 41 heavy (non-hydrogen) atoms. The standard InChI is InChI=1S/C28H26F3N5O4S/c1-2-39-26(38)19-10-7-13-35(15-19)25(37)22-16-40-23(32-22)17-41-27-34-33-24(18-8-4-3-5-9-18)36(27)21-12-6-11-20(14-21)28(29,30)31/h3-6,8-9,11-12,14,16,19H,2,7,10,13,15,17H2,1H3. The third-order valence-corrected chi connectivity index (χ3v) is 7.43. The van der Waals surface area contributed by atoms with E-state index in [9.17, 15) is 22.8 Å². The zero-order chi connectivity index (χ0) is 29.0. The van der Waals surface area contributed by atoms with E-state index in [1.165, 1.54) is 12.3 Å². The molecule has 1 saturated heterocycles. The van der Waals surface area contributed by atoms with Gasteiger partial charge < -0.3 is 14.1 Å². The van der Waals surface area contributed by atoms with Crippen LogP contribution in [0.3, 0.4) is 0 Å². The van der Waals surface area contributed by atoms with E-state index in [1.54, 1.807) is 46.7 Å². The monoisotopic (exact) mass is 585 g/mol. The van der Waals surface area contributed by atoms with Gasteiger partial charge >= 0.3 is 12.1 Å². The molecule has 0 saturated carbocycles. The van der Waals surface area contributed by atoms with Crippen molar-refractivity contribution in [3.05, 3.63) is 78.0 Å². The predicted octanol–water partition coefficient (Wildman–Crippen LogP) is 5.65. The van der Waals surface area contributed by atoms with Crippen molar-refractivity contribution in [3.63, 3.8) is 0 Å². The van der Waals surface area contributed by atoms with Crippen LogP contribution >= 0.6 is 11.8 Å². The van der Waals surface area contributed by atoms with Crippen LogP contribution in [0.25, 0.3) is 17.1 Å². The molecule has 1 amide bonds. The van der Waals surface area contributed by atoms with Gasteiger partial charge in [0.1, 0.15) is 6.26 Å². The zero-order valence-electron chi connectivity index (χ0n) is 22.0. The van der Waals surface area contributed by atoms with E-state index < -0.39 is 11.7 Å². The molecule has 9 nitrogen and oxygen atoms in total. The van der Waals surface area contributed by atoms with Crippen LogP contribution in [-0.2, 0) is 21.5 Å². The lowest BCUT2D eigenvalue weighted by atomic mass is 9.98. The Morgan fingerprint density at radius 1 is 1.12 bits per heavy atom. The maximum Gasteiger partial charge on any atom is 0.416 e. The summed E-state index contributed by atoms with van der Waals surface area (Å²) in [5.74, 6) is -0.297. The van der Waals surface area contributed by atoms with Gasteiger partial charge in [0.25, 0.3) is 5.91 Å². The molecule has 4 aromatic rings. The van der Waals surface area contributed by atoms with Gasteiger partial charge in [-0.05, 0) is 38.0 Å². The number of amides is 1. The Kier molecular flexibility index (Phi) is 8.43. The molecule has 214 valence electrons. The van der Waals surface area contributed by atoms with E-state index >= 15 is 0 Å². The molecule has 3 heterocycles. The first-order valence-corrected chi connectivity index (χ1v) is 13.9. The number of aromatic nitrogens is 4. The van der Waals surface area contributed by atoms with Crippen LogP contribution in [0.1, 0.15) is 41.7 Å². The number of hydrogen-bond donors (Lipinski definition) is 0. The third-order valence-electron chi connectivity index (χ3n) is 6.52. The SMILES string of the molecule is CCOC(=O)C1CCCN(C(=O)c2coc(CSc3nnc(-c4ccccc4)n3-c3cccc(C(F)(F)F)c3)n2)C1. The number of rotatable bonds is 8. The molecule has 0 bridgehead atoms. The molecule has 0 spiro atoms. The number of ether oxygens (including phenoxy) is 1. The zero-order valence-corrected chi connectivity index (χ0v) is 22.8. The highest BCUT2D eigenvalue weighted by Crippen LogP contribution is 2.34. The molecule has 1 fully saturated rings. The Morgan fingerprint density at radius 2 is 1.93 bits per heavy atom. The minimum absolute atomic E-state index is 0.106. The van der Waals surface area contributed by atoms with Gasteiger partial charge in [-0.25, -0.2) is 4.98 Å². The predicted molar refractivity (Wildman–Crippen MR) is 143 cm³/mol. The van der Waals surface area contributed by atoms with Gasteiger partial charge in [-0.3, -0.25) is 14.2 Å². The molecule has 13 heteroatoms. The average molecular weight is 586 g/mol. The number of oxazole rings is 1. The van der Waals surface area contributed by atoms with Crippen LogP contribution in [0, 0.1) is 5.92 Å². The number of halogens is 3. The van der Waals surface area contributed by atoms with Crippen molar-refractivity contribution in [1.29, 1.82) is 0 Å². The van der Waals surface area contributed by atoms with Gasteiger partial charge in [-0.1, -0.05) is 48.2 Å². The van der Waals surface area contributed by atoms with E-state index in [2.05, 4.69) is 15.2 Å². The van der Waals surface area contributed by atoms with Gasteiger partial charge in [0.15, 0.2) is 16.7 Å². The van der Waals surface area contributed by atoms with Crippen LogP contribution in [0.2, 0.25) is 0 Å². The van der Waals surface area contributed by atoms with E-state index in [-0.39, 0.29) is 54.0 Å². The molecule has 2 aromatic heterocycles. The number of piperidine rings is 1. The molecular formula is C28H26F3N5O4S. The first kappa shape index (κ1) is 28.4. The van der Waals surface area contributed by atoms with Gasteiger partial charge in [0, 0.05) is 18.7 Å². The molecule has 0 N–H and O–H groups in total. The van der Waals surface area contributed by atoms with Crippen molar-refractivity contribution in [2.45, 2.75) is 36.9 Å². The summed E-state index contributed by atoms with van der Waals surface area (Å²) < 4.78 is 52.6. The topological polar surface area (TPSA) is 103 Å². The molecule has 5 rings (SSSR count). The van der Waals surface area contributed by atoms with Crippen LogP contribution in [0.4, 0.5) is 13.2 Å². The third kappa shape index (κ3) is 6.45. The molecule has 0 aliphatic carbocycles. The summed E-state index contributed by atoms with van der Waals surface area (Å²) >= 11 is 1.16. The average Bonchev–Trinajstić information content (AvgIpc) is 3.63. The fourth-order valence-electron chi connectivity index (χ4n) is 4.57. The van der Waals surface area contributed by atoms with Gasteiger partial charge in [-0.2, -0.15) is 13.2 Å². The van der Waals surface area contributed by atoms with Crippen molar-refractivity contribution in [2.24, 2.45) is 5.92 Å². The summed E-state index contributed by atoms with van der Waals surface area (Å²) in [4.78, 5) is 31.1. The first-order chi connectivity index (χ1) is 19.7. The Hall–Kier alpha value is -4.13. The van der Waals surface area contributed by atoms with E-state index in [0.29, 0.717) is 35.9 Å². The molecule has 0 radical (unpaired) electrons. The summed E-state index contributed by atoms with van der Waals surface area (Å²) in [6.07, 6.45) is -1.93. The molecular weight excluding hydrogens is 559 g/mol. The maximum absolute atomic E-state index is 13.5. The summed E-state index contributed by atoms with van der Waals surface area (Å²) in [7, 11) is 0. The normalized spacial score (nSPS) is 15.6. The lowest BCUT2D eigenvalue weighted by molar-refractivity contribution is -0.149. The van der Waals surface area contributed by atoms with Crippen molar-refractivity contribution in [3.8, 4) is 17.1 Å². The summed E-state index contributed by atoms with van der Waals surface area (Å²) in [5, 5.41) is 8.82. The van der Waals surface area contributed by atoms with Crippen molar-refractivity contribution < 1.29 is 31.9 Å². The number of thioether (sulfide) groups is 1. The largest absolute Gasteiger partial charge is 0.466 e. The first-order valence-electron chi connectivity index (χ1n) is 13.0. The van der Waals surface area contributed by atoms with Gasteiger partial charge in [0.05, 0.1) is 29.5 Å². The number of carbonyl (C=O) groups is 2. The molecule has 1 atom stereocenters. The number of benzene rings is 2. The lowest BCUT2D eigenvalue weighted by Crippen LogP contribution is -2.43. The molecule has 2 aromatic carbocycles. The number of carbonyl (C=O) groups excluding carboxylic acids is 2. The van der Waals surface area contributed by atoms with Crippen LogP contribution in [0.15, 0.2) is 70.4 Å². The Labute approximate surface area is 237 Å². The van der Waals surface area contributed by atoms with E-state index in [4.69, 9.17) is 9.15 Å². The molecule has 1 aliphatic heterocycles.